The third kappa shape index (κ3) is 3.91. The summed E-state index contributed by atoms with van der Waals surface area (Å²) in [5.74, 6) is -0.00503. The highest BCUT2D eigenvalue weighted by Crippen LogP contribution is 2.12. The Morgan fingerprint density at radius 1 is 1.11 bits per heavy atom. The minimum Gasteiger partial charge on any atom is -0.366 e. The zero-order valence-electron chi connectivity index (χ0n) is 10.7. The van der Waals surface area contributed by atoms with Gasteiger partial charge in [-0.2, -0.15) is 0 Å². The van der Waals surface area contributed by atoms with Crippen molar-refractivity contribution < 1.29 is 9.53 Å². The molecule has 98 valence electrons. The minimum atomic E-state index is -0.460. The zero-order chi connectivity index (χ0) is 13.7. The van der Waals surface area contributed by atoms with Crippen LogP contribution in [0.4, 0.5) is 0 Å². The molecule has 2 aromatic rings. The number of ether oxygens (including phenoxy) is 1. The molecule has 0 aliphatic heterocycles. The lowest BCUT2D eigenvalue weighted by Crippen LogP contribution is -2.20. The molecule has 0 saturated carbocycles. The second-order valence-corrected chi connectivity index (χ2v) is 4.75. The van der Waals surface area contributed by atoms with Gasteiger partial charge in [0.1, 0.15) is 6.10 Å². The van der Waals surface area contributed by atoms with E-state index in [1.807, 2.05) is 42.5 Å². The van der Waals surface area contributed by atoms with E-state index in [-0.39, 0.29) is 5.78 Å². The van der Waals surface area contributed by atoms with E-state index in [9.17, 15) is 4.79 Å². The van der Waals surface area contributed by atoms with Crippen LogP contribution < -0.4 is 0 Å². The van der Waals surface area contributed by atoms with Crippen LogP contribution in [0.1, 0.15) is 22.8 Å². The lowest BCUT2D eigenvalue weighted by molar-refractivity contribution is 0.0412. The molecule has 0 saturated heterocycles. The van der Waals surface area contributed by atoms with Gasteiger partial charge in [-0.3, -0.25) is 4.79 Å². The van der Waals surface area contributed by atoms with Gasteiger partial charge in [-0.05, 0) is 24.6 Å². The molecule has 0 aliphatic carbocycles. The van der Waals surface area contributed by atoms with Crippen LogP contribution in [0.5, 0.6) is 0 Å². The van der Waals surface area contributed by atoms with E-state index >= 15 is 0 Å². The molecular weight excluding hydrogens is 260 g/mol. The number of hydrogen-bond acceptors (Lipinski definition) is 2. The molecule has 19 heavy (non-hydrogen) atoms. The van der Waals surface area contributed by atoms with Crippen molar-refractivity contribution in [1.29, 1.82) is 0 Å². The quantitative estimate of drug-likeness (QED) is 0.767. The van der Waals surface area contributed by atoms with Crippen LogP contribution in [0.2, 0.25) is 5.02 Å². The molecule has 0 aromatic heterocycles. The Labute approximate surface area is 118 Å². The van der Waals surface area contributed by atoms with Crippen LogP contribution in [-0.4, -0.2) is 11.9 Å². The van der Waals surface area contributed by atoms with Gasteiger partial charge in [-0.25, -0.2) is 0 Å². The summed E-state index contributed by atoms with van der Waals surface area (Å²) in [5, 5.41) is 0.692. The molecule has 0 radical (unpaired) electrons. The summed E-state index contributed by atoms with van der Waals surface area (Å²) < 4.78 is 5.59. The van der Waals surface area contributed by atoms with Gasteiger partial charge in [0, 0.05) is 10.6 Å². The van der Waals surface area contributed by atoms with Crippen molar-refractivity contribution in [2.24, 2.45) is 0 Å². The average Bonchev–Trinajstić information content (AvgIpc) is 2.46. The fraction of sp³-hybridized carbons (Fsp3) is 0.188. The van der Waals surface area contributed by atoms with Crippen LogP contribution in [0.25, 0.3) is 0 Å². The fourth-order valence-corrected chi connectivity index (χ4v) is 1.84. The number of ketones is 1. The normalized spacial score (nSPS) is 12.1. The third-order valence-corrected chi connectivity index (χ3v) is 3.09. The summed E-state index contributed by atoms with van der Waals surface area (Å²) in [5.41, 5.74) is 1.67. The number of halogens is 1. The molecule has 0 spiro atoms. The van der Waals surface area contributed by atoms with E-state index in [4.69, 9.17) is 16.3 Å². The van der Waals surface area contributed by atoms with Gasteiger partial charge < -0.3 is 4.74 Å². The van der Waals surface area contributed by atoms with Crippen molar-refractivity contribution >= 4 is 17.4 Å². The van der Waals surface area contributed by atoms with Crippen molar-refractivity contribution in [3.8, 4) is 0 Å². The maximum absolute atomic E-state index is 12.1. The number of Topliss-reactive ketones (excluding diaryl/α,β-unsaturated/α-hetero) is 1. The Hall–Kier alpha value is -1.64. The lowest BCUT2D eigenvalue weighted by atomic mass is 10.1. The van der Waals surface area contributed by atoms with E-state index in [0.717, 1.165) is 5.56 Å². The molecule has 3 heteroatoms. The molecule has 1 atom stereocenters. The maximum Gasteiger partial charge on any atom is 0.191 e. The summed E-state index contributed by atoms with van der Waals surface area (Å²) in [7, 11) is 0. The van der Waals surface area contributed by atoms with Crippen LogP contribution in [0.3, 0.4) is 0 Å². The molecule has 0 bridgehead atoms. The molecule has 0 fully saturated rings. The third-order valence-electron chi connectivity index (χ3n) is 2.84. The first-order valence-electron chi connectivity index (χ1n) is 6.12. The molecular formula is C16H15ClO2. The van der Waals surface area contributed by atoms with Gasteiger partial charge in [0.25, 0.3) is 0 Å². The highest BCUT2D eigenvalue weighted by molar-refractivity contribution is 6.30. The van der Waals surface area contributed by atoms with E-state index in [2.05, 4.69) is 0 Å². The fourth-order valence-electron chi connectivity index (χ4n) is 1.71. The molecule has 0 amide bonds. The van der Waals surface area contributed by atoms with Crippen molar-refractivity contribution in [2.75, 3.05) is 0 Å². The maximum atomic E-state index is 12.1. The van der Waals surface area contributed by atoms with Crippen molar-refractivity contribution in [2.45, 2.75) is 19.6 Å². The summed E-state index contributed by atoms with van der Waals surface area (Å²) in [6.45, 7) is 2.17. The topological polar surface area (TPSA) is 26.3 Å². The van der Waals surface area contributed by atoms with Gasteiger partial charge in [-0.15, -0.1) is 0 Å². The number of benzene rings is 2. The van der Waals surface area contributed by atoms with Crippen LogP contribution in [0.15, 0.2) is 54.6 Å². The average molecular weight is 275 g/mol. The largest absolute Gasteiger partial charge is 0.366 e. The molecule has 2 rings (SSSR count). The van der Waals surface area contributed by atoms with Gasteiger partial charge >= 0.3 is 0 Å². The first-order chi connectivity index (χ1) is 9.16. The standard InChI is InChI=1S/C16H15ClO2/c1-12(16(18)14-5-3-2-4-6-14)19-11-13-7-9-15(17)10-8-13/h2-10,12H,11H2,1H3. The summed E-state index contributed by atoms with van der Waals surface area (Å²) in [6, 6.07) is 16.6. The summed E-state index contributed by atoms with van der Waals surface area (Å²) in [4.78, 5) is 12.1. The number of carbonyl (C=O) groups excluding carboxylic acids is 1. The van der Waals surface area contributed by atoms with E-state index < -0.39 is 6.10 Å². The molecule has 0 heterocycles. The first-order valence-corrected chi connectivity index (χ1v) is 6.50. The Morgan fingerprint density at radius 2 is 1.74 bits per heavy atom. The monoisotopic (exact) mass is 274 g/mol. The zero-order valence-corrected chi connectivity index (χ0v) is 11.4. The minimum absolute atomic E-state index is 0.00503. The second-order valence-electron chi connectivity index (χ2n) is 4.31. The Morgan fingerprint density at radius 3 is 2.37 bits per heavy atom. The summed E-state index contributed by atoms with van der Waals surface area (Å²) >= 11 is 5.81. The van der Waals surface area contributed by atoms with E-state index in [1.165, 1.54) is 0 Å². The van der Waals surface area contributed by atoms with Crippen molar-refractivity contribution in [1.82, 2.24) is 0 Å². The van der Waals surface area contributed by atoms with Crippen molar-refractivity contribution in [3.63, 3.8) is 0 Å². The van der Waals surface area contributed by atoms with Gasteiger partial charge in [0.2, 0.25) is 0 Å². The molecule has 0 N–H and O–H groups in total. The molecule has 1 unspecified atom stereocenters. The highest BCUT2D eigenvalue weighted by atomic mass is 35.5. The molecule has 2 nitrogen and oxygen atoms in total. The Kier molecular flexibility index (Phi) is 4.72. The predicted octanol–water partition coefficient (Wildman–Crippen LogP) is 4.13. The first kappa shape index (κ1) is 13.8. The summed E-state index contributed by atoms with van der Waals surface area (Å²) in [6.07, 6.45) is -0.460. The number of carbonyl (C=O) groups is 1. The van der Waals surface area contributed by atoms with E-state index in [1.54, 1.807) is 19.1 Å². The Balaban J connectivity index is 1.92. The SMILES string of the molecule is CC(OCc1ccc(Cl)cc1)C(=O)c1ccccc1. The van der Waals surface area contributed by atoms with Gasteiger partial charge in [0.15, 0.2) is 5.78 Å². The molecule has 0 aliphatic rings. The molecule has 2 aromatic carbocycles. The highest BCUT2D eigenvalue weighted by Gasteiger charge is 2.15. The van der Waals surface area contributed by atoms with Crippen LogP contribution in [0, 0.1) is 0 Å². The van der Waals surface area contributed by atoms with Crippen LogP contribution >= 0.6 is 11.6 Å². The van der Waals surface area contributed by atoms with E-state index in [0.29, 0.717) is 17.2 Å². The van der Waals surface area contributed by atoms with Crippen molar-refractivity contribution in [3.05, 3.63) is 70.7 Å². The van der Waals surface area contributed by atoms with Crippen LogP contribution in [-0.2, 0) is 11.3 Å². The predicted molar refractivity (Wildman–Crippen MR) is 76.5 cm³/mol. The Bertz CT molecular complexity index is 534. The van der Waals surface area contributed by atoms with Gasteiger partial charge in [-0.1, -0.05) is 54.1 Å². The smallest absolute Gasteiger partial charge is 0.191 e. The number of hydrogen-bond donors (Lipinski definition) is 0. The van der Waals surface area contributed by atoms with Gasteiger partial charge in [0.05, 0.1) is 6.61 Å². The second kappa shape index (κ2) is 6.50. The number of rotatable bonds is 5. The lowest BCUT2D eigenvalue weighted by Gasteiger charge is -2.12.